The first-order valence-electron chi connectivity index (χ1n) is 11.8. The van der Waals surface area contributed by atoms with Crippen LogP contribution in [-0.4, -0.2) is 56.0 Å². The van der Waals surface area contributed by atoms with Crippen LogP contribution in [0.2, 0.25) is 0 Å². The normalized spacial score (nSPS) is 24.2. The van der Waals surface area contributed by atoms with Crippen LogP contribution >= 0.6 is 0 Å². The maximum atomic E-state index is 15.7. The molecular weight excluding hydrogens is 498 g/mol. The van der Waals surface area contributed by atoms with E-state index in [1.54, 1.807) is 13.0 Å². The molecule has 3 N–H and O–H groups in total. The second-order valence-electron chi connectivity index (χ2n) is 9.71. The summed E-state index contributed by atoms with van der Waals surface area (Å²) in [5, 5.41) is 10.6. The summed E-state index contributed by atoms with van der Waals surface area (Å²) in [4.78, 5) is 14.0. The monoisotopic (exact) mass is 527 g/mol. The highest BCUT2D eigenvalue weighted by Crippen LogP contribution is 2.41. The maximum absolute atomic E-state index is 15.7. The van der Waals surface area contributed by atoms with Crippen molar-refractivity contribution in [3.05, 3.63) is 59.2 Å². The lowest BCUT2D eigenvalue weighted by Gasteiger charge is -2.40. The predicted molar refractivity (Wildman–Crippen MR) is 128 cm³/mol. The van der Waals surface area contributed by atoms with Gasteiger partial charge in [0.2, 0.25) is 0 Å². The molecule has 1 saturated carbocycles. The van der Waals surface area contributed by atoms with E-state index in [-0.39, 0.29) is 41.7 Å². The minimum atomic E-state index is -3.61. The summed E-state index contributed by atoms with van der Waals surface area (Å²) in [7, 11) is -3.61. The molecule has 0 aromatic heterocycles. The van der Waals surface area contributed by atoms with E-state index >= 15 is 13.2 Å². The van der Waals surface area contributed by atoms with Gasteiger partial charge >= 0.3 is 0 Å². The summed E-state index contributed by atoms with van der Waals surface area (Å²) < 4.78 is 82.6. The SMILES string of the molecule is CCS(=N)(=O)N[C@@H]1[C@H](Cc2cccc(-c3cc(C)cc(F)c3)c2F)N(C(=O)C2(O)CCC2)CC1(F)F. The van der Waals surface area contributed by atoms with Gasteiger partial charge in [0.05, 0.1) is 12.6 Å². The first-order chi connectivity index (χ1) is 16.8. The molecule has 11 heteroatoms. The molecule has 2 fully saturated rings. The number of aryl methyl sites for hydroxylation is 1. The van der Waals surface area contributed by atoms with Crippen LogP contribution in [-0.2, 0) is 21.1 Å². The third kappa shape index (κ3) is 5.01. The van der Waals surface area contributed by atoms with E-state index in [9.17, 15) is 18.5 Å². The number of benzene rings is 2. The molecule has 0 radical (unpaired) electrons. The lowest BCUT2D eigenvalue weighted by Crippen LogP contribution is -2.57. The fourth-order valence-corrected chi connectivity index (χ4v) is 5.78. The molecular formula is C25H29F4N3O3S. The minimum absolute atomic E-state index is 0.00436. The topological polar surface area (TPSA) is 93.5 Å². The Morgan fingerprint density at radius 1 is 1.25 bits per heavy atom. The van der Waals surface area contributed by atoms with Crippen LogP contribution in [0.3, 0.4) is 0 Å². The molecule has 36 heavy (non-hydrogen) atoms. The van der Waals surface area contributed by atoms with Gasteiger partial charge < -0.3 is 10.0 Å². The molecule has 6 nitrogen and oxygen atoms in total. The Balaban J connectivity index is 1.75. The van der Waals surface area contributed by atoms with Crippen LogP contribution in [0, 0.1) is 23.3 Å². The van der Waals surface area contributed by atoms with Gasteiger partial charge in [-0.3, -0.25) is 4.79 Å². The number of amides is 1. The van der Waals surface area contributed by atoms with Crippen molar-refractivity contribution in [2.45, 2.75) is 63.1 Å². The van der Waals surface area contributed by atoms with Gasteiger partial charge in [-0.15, -0.1) is 0 Å². The highest BCUT2D eigenvalue weighted by Gasteiger charge is 2.59. The summed E-state index contributed by atoms with van der Waals surface area (Å²) in [5.41, 5.74) is -0.858. The molecule has 2 aliphatic rings. The van der Waals surface area contributed by atoms with Gasteiger partial charge in [-0.05, 0) is 61.4 Å². The highest BCUT2D eigenvalue weighted by atomic mass is 32.2. The van der Waals surface area contributed by atoms with Crippen molar-refractivity contribution < 1.29 is 31.7 Å². The number of hydrogen-bond donors (Lipinski definition) is 3. The molecule has 1 amide bonds. The van der Waals surface area contributed by atoms with Crippen LogP contribution in [0.4, 0.5) is 17.6 Å². The average Bonchev–Trinajstić information content (AvgIpc) is 3.01. The Kier molecular flexibility index (Phi) is 6.95. The van der Waals surface area contributed by atoms with Gasteiger partial charge in [-0.2, -0.15) is 0 Å². The lowest BCUT2D eigenvalue weighted by molar-refractivity contribution is -0.162. The molecule has 3 atom stereocenters. The van der Waals surface area contributed by atoms with Gasteiger partial charge in [0, 0.05) is 11.3 Å². The Hall–Kier alpha value is -2.50. The summed E-state index contributed by atoms with van der Waals surface area (Å²) in [6.07, 6.45) is 0.443. The first kappa shape index (κ1) is 26.6. The van der Waals surface area contributed by atoms with E-state index in [1.165, 1.54) is 37.3 Å². The summed E-state index contributed by atoms with van der Waals surface area (Å²) in [5.74, 6) is -6.01. The predicted octanol–water partition coefficient (Wildman–Crippen LogP) is 4.18. The van der Waals surface area contributed by atoms with E-state index in [0.717, 1.165) is 4.90 Å². The van der Waals surface area contributed by atoms with Gasteiger partial charge in [0.15, 0.2) is 0 Å². The number of nitrogens with one attached hydrogen (secondary N) is 2. The van der Waals surface area contributed by atoms with Crippen molar-refractivity contribution in [2.75, 3.05) is 12.3 Å². The summed E-state index contributed by atoms with van der Waals surface area (Å²) in [6, 6.07) is 5.12. The number of halogens is 4. The van der Waals surface area contributed by atoms with Crippen molar-refractivity contribution in [1.29, 1.82) is 4.78 Å². The highest BCUT2D eigenvalue weighted by molar-refractivity contribution is 7.90. The van der Waals surface area contributed by atoms with Crippen LogP contribution in [0.25, 0.3) is 11.1 Å². The first-order valence-corrected chi connectivity index (χ1v) is 13.5. The maximum Gasteiger partial charge on any atom is 0.283 e. The van der Waals surface area contributed by atoms with E-state index in [2.05, 4.69) is 4.72 Å². The summed E-state index contributed by atoms with van der Waals surface area (Å²) in [6.45, 7) is 2.01. The zero-order valence-electron chi connectivity index (χ0n) is 20.0. The van der Waals surface area contributed by atoms with Gasteiger partial charge in [0.1, 0.15) is 33.2 Å². The molecule has 0 spiro atoms. The van der Waals surface area contributed by atoms with Crippen molar-refractivity contribution >= 4 is 15.8 Å². The molecule has 1 heterocycles. The fraction of sp³-hybridized carbons (Fsp3) is 0.480. The third-order valence-electron chi connectivity index (χ3n) is 7.05. The molecule has 1 saturated heterocycles. The Morgan fingerprint density at radius 3 is 2.53 bits per heavy atom. The van der Waals surface area contributed by atoms with Crippen LogP contribution in [0.5, 0.6) is 0 Å². The fourth-order valence-electron chi connectivity index (χ4n) is 4.88. The Morgan fingerprint density at radius 2 is 1.94 bits per heavy atom. The van der Waals surface area contributed by atoms with Gasteiger partial charge in [-0.1, -0.05) is 31.2 Å². The number of alkyl halides is 2. The number of likely N-dealkylation sites (tertiary alicyclic amines) is 1. The molecule has 4 rings (SSSR count). The van der Waals surface area contributed by atoms with Crippen molar-refractivity contribution in [3.8, 4) is 11.1 Å². The standard InChI is InChI=1S/C25H29F4N3O3S/c1-3-36(30,35)31-22-20(32(14-25(22,28)29)23(33)24(34)8-5-9-24)13-16-6-4-7-19(21(16)27)17-10-15(2)11-18(26)12-17/h4,6-7,10-12,20,22,34H,3,5,8-9,13-14H2,1-2H3,(H2,30,31,35)/t20-,22+,36?/m0/s1. The molecule has 196 valence electrons. The van der Waals surface area contributed by atoms with Crippen LogP contribution < -0.4 is 4.72 Å². The number of hydrogen-bond acceptors (Lipinski definition) is 4. The van der Waals surface area contributed by atoms with Gasteiger partial charge in [-0.25, -0.2) is 31.3 Å². The van der Waals surface area contributed by atoms with Crippen molar-refractivity contribution in [3.63, 3.8) is 0 Å². The number of rotatable bonds is 7. The van der Waals surface area contributed by atoms with E-state index in [0.29, 0.717) is 12.0 Å². The zero-order chi connectivity index (χ0) is 26.5. The molecule has 2 aromatic rings. The quantitative estimate of drug-likeness (QED) is 0.472. The third-order valence-corrected chi connectivity index (χ3v) is 8.49. The van der Waals surface area contributed by atoms with E-state index in [1.807, 2.05) is 0 Å². The second-order valence-corrected chi connectivity index (χ2v) is 11.9. The second kappa shape index (κ2) is 9.42. The lowest BCUT2D eigenvalue weighted by atomic mass is 9.79. The molecule has 1 aliphatic heterocycles. The Labute approximate surface area is 207 Å². The molecule has 2 aromatic carbocycles. The van der Waals surface area contributed by atoms with Gasteiger partial charge in [0.25, 0.3) is 11.8 Å². The molecule has 1 aliphatic carbocycles. The van der Waals surface area contributed by atoms with Crippen molar-refractivity contribution in [2.24, 2.45) is 0 Å². The number of carbonyl (C=O) groups excluding carboxylic acids is 1. The average molecular weight is 528 g/mol. The largest absolute Gasteiger partial charge is 0.380 e. The smallest absolute Gasteiger partial charge is 0.283 e. The Bertz CT molecular complexity index is 1260. The van der Waals surface area contributed by atoms with Crippen LogP contribution in [0.15, 0.2) is 36.4 Å². The summed E-state index contributed by atoms with van der Waals surface area (Å²) >= 11 is 0. The van der Waals surface area contributed by atoms with E-state index in [4.69, 9.17) is 4.78 Å². The van der Waals surface area contributed by atoms with Crippen LogP contribution in [0.1, 0.15) is 37.3 Å². The number of nitrogens with zero attached hydrogens (tertiary/aromatic N) is 1. The van der Waals surface area contributed by atoms with Crippen molar-refractivity contribution in [1.82, 2.24) is 9.62 Å². The molecule has 1 unspecified atom stereocenters. The zero-order valence-corrected chi connectivity index (χ0v) is 20.8. The van der Waals surface area contributed by atoms with E-state index < -0.39 is 57.6 Å². The number of carbonyl (C=O) groups is 1. The number of aliphatic hydroxyl groups is 1. The molecule has 0 bridgehead atoms. The minimum Gasteiger partial charge on any atom is -0.380 e.